The molecule has 4 aromatic rings. The normalized spacial score (nSPS) is 10.6. The van der Waals surface area contributed by atoms with Crippen LogP contribution in [-0.2, 0) is 6.61 Å². The van der Waals surface area contributed by atoms with Crippen molar-refractivity contribution in [2.24, 2.45) is 0 Å². The number of ether oxygens (including phenoxy) is 2. The molecule has 6 nitrogen and oxygen atoms in total. The van der Waals surface area contributed by atoms with E-state index in [1.54, 1.807) is 49.6 Å². The number of imidazole rings is 1. The summed E-state index contributed by atoms with van der Waals surface area (Å²) in [5.41, 5.74) is 2.90. The van der Waals surface area contributed by atoms with E-state index < -0.39 is 0 Å². The van der Waals surface area contributed by atoms with Gasteiger partial charge in [-0.1, -0.05) is 12.1 Å². The molecule has 0 spiro atoms. The number of nitrogens with one attached hydrogen (secondary N) is 1. The average Bonchev–Trinajstić information content (AvgIpc) is 3.16. The maximum absolute atomic E-state index is 12.5. The van der Waals surface area contributed by atoms with Gasteiger partial charge in [-0.15, -0.1) is 0 Å². The van der Waals surface area contributed by atoms with Crippen LogP contribution in [0, 0.1) is 0 Å². The third-order valence-electron chi connectivity index (χ3n) is 4.24. The first-order valence-electron chi connectivity index (χ1n) is 8.82. The van der Waals surface area contributed by atoms with E-state index in [9.17, 15) is 4.79 Å². The Bertz CT molecular complexity index is 1070. The van der Waals surface area contributed by atoms with Crippen molar-refractivity contribution in [1.82, 2.24) is 9.38 Å². The Kier molecular flexibility index (Phi) is 4.93. The molecule has 4 rings (SSSR count). The quantitative estimate of drug-likeness (QED) is 0.551. The summed E-state index contributed by atoms with van der Waals surface area (Å²) in [5.74, 6) is 1.14. The van der Waals surface area contributed by atoms with Gasteiger partial charge in [0.05, 0.1) is 12.8 Å². The Morgan fingerprint density at radius 3 is 2.68 bits per heavy atom. The number of rotatable bonds is 6. The van der Waals surface area contributed by atoms with Crippen molar-refractivity contribution in [3.8, 4) is 11.5 Å². The second-order valence-electron chi connectivity index (χ2n) is 6.20. The Hall–Kier alpha value is -3.80. The number of hydrogen-bond donors (Lipinski definition) is 1. The Labute approximate surface area is 162 Å². The van der Waals surface area contributed by atoms with Crippen molar-refractivity contribution in [1.29, 1.82) is 0 Å². The third-order valence-corrected chi connectivity index (χ3v) is 4.24. The molecular weight excluding hydrogens is 354 g/mol. The fraction of sp³-hybridized carbons (Fsp3) is 0.0909. The molecule has 2 aromatic heterocycles. The highest BCUT2D eigenvalue weighted by Gasteiger charge is 2.08. The summed E-state index contributed by atoms with van der Waals surface area (Å²) in [4.78, 5) is 17.0. The van der Waals surface area contributed by atoms with Crippen molar-refractivity contribution in [2.75, 3.05) is 12.4 Å². The van der Waals surface area contributed by atoms with Gasteiger partial charge in [-0.05, 0) is 54.6 Å². The zero-order chi connectivity index (χ0) is 19.3. The van der Waals surface area contributed by atoms with Crippen molar-refractivity contribution in [3.63, 3.8) is 0 Å². The van der Waals surface area contributed by atoms with Crippen LogP contribution in [0.15, 0.2) is 79.1 Å². The Morgan fingerprint density at radius 2 is 1.89 bits per heavy atom. The number of amides is 1. The predicted octanol–water partition coefficient (Wildman–Crippen LogP) is 4.17. The van der Waals surface area contributed by atoms with E-state index in [1.165, 1.54) is 0 Å². The second-order valence-corrected chi connectivity index (χ2v) is 6.20. The van der Waals surface area contributed by atoms with Crippen LogP contribution in [0.5, 0.6) is 11.5 Å². The lowest BCUT2D eigenvalue weighted by atomic mass is 10.2. The SMILES string of the molecule is COc1ccc(NC(=O)c2cccc(OCc3cn4ccccc4n3)c2)cc1. The van der Waals surface area contributed by atoms with E-state index in [-0.39, 0.29) is 5.91 Å². The van der Waals surface area contributed by atoms with Gasteiger partial charge in [-0.2, -0.15) is 0 Å². The lowest BCUT2D eigenvalue weighted by Gasteiger charge is -2.08. The number of carbonyl (C=O) groups excluding carboxylic acids is 1. The number of nitrogens with zero attached hydrogens (tertiary/aromatic N) is 2. The van der Waals surface area contributed by atoms with Gasteiger partial charge in [-0.25, -0.2) is 4.98 Å². The maximum atomic E-state index is 12.5. The van der Waals surface area contributed by atoms with Gasteiger partial charge >= 0.3 is 0 Å². The minimum absolute atomic E-state index is 0.205. The first-order valence-corrected chi connectivity index (χ1v) is 8.82. The van der Waals surface area contributed by atoms with E-state index in [4.69, 9.17) is 9.47 Å². The van der Waals surface area contributed by atoms with Crippen molar-refractivity contribution >= 4 is 17.2 Å². The fourth-order valence-corrected chi connectivity index (χ4v) is 2.82. The summed E-state index contributed by atoms with van der Waals surface area (Å²) < 4.78 is 12.9. The van der Waals surface area contributed by atoms with E-state index in [2.05, 4.69) is 10.3 Å². The van der Waals surface area contributed by atoms with Gasteiger partial charge in [-0.3, -0.25) is 4.79 Å². The third kappa shape index (κ3) is 3.96. The molecule has 0 aliphatic carbocycles. The number of methoxy groups -OCH3 is 1. The van der Waals surface area contributed by atoms with Crippen LogP contribution < -0.4 is 14.8 Å². The van der Waals surface area contributed by atoms with Crippen LogP contribution in [0.2, 0.25) is 0 Å². The molecule has 1 amide bonds. The zero-order valence-corrected chi connectivity index (χ0v) is 15.3. The Morgan fingerprint density at radius 1 is 1.04 bits per heavy atom. The summed E-state index contributed by atoms with van der Waals surface area (Å²) in [7, 11) is 1.60. The molecule has 2 heterocycles. The molecule has 0 aliphatic rings. The number of aromatic nitrogens is 2. The molecule has 2 aromatic carbocycles. The standard InChI is InChI=1S/C22H19N3O3/c1-27-19-10-8-17(9-11-19)24-22(26)16-5-4-6-20(13-16)28-15-18-14-25-12-3-2-7-21(25)23-18/h2-14H,15H2,1H3,(H,24,26). The predicted molar refractivity (Wildman–Crippen MR) is 107 cm³/mol. The highest BCUT2D eigenvalue weighted by Crippen LogP contribution is 2.19. The average molecular weight is 373 g/mol. The van der Waals surface area contributed by atoms with Gasteiger partial charge in [0, 0.05) is 23.6 Å². The molecule has 0 fully saturated rings. The largest absolute Gasteiger partial charge is 0.497 e. The summed E-state index contributed by atoms with van der Waals surface area (Å²) in [6.45, 7) is 0.325. The lowest BCUT2D eigenvalue weighted by molar-refractivity contribution is 0.102. The van der Waals surface area contributed by atoms with E-state index in [0.29, 0.717) is 23.6 Å². The van der Waals surface area contributed by atoms with Gasteiger partial charge in [0.2, 0.25) is 0 Å². The molecule has 140 valence electrons. The van der Waals surface area contributed by atoms with E-state index in [1.807, 2.05) is 41.1 Å². The van der Waals surface area contributed by atoms with Gasteiger partial charge in [0.15, 0.2) is 0 Å². The Balaban J connectivity index is 1.42. The molecule has 0 bridgehead atoms. The molecule has 0 atom stereocenters. The van der Waals surface area contributed by atoms with Crippen LogP contribution in [0.25, 0.3) is 5.65 Å². The lowest BCUT2D eigenvalue weighted by Crippen LogP contribution is -2.11. The van der Waals surface area contributed by atoms with Crippen molar-refractivity contribution in [2.45, 2.75) is 6.61 Å². The molecule has 0 unspecified atom stereocenters. The van der Waals surface area contributed by atoms with Crippen LogP contribution in [-0.4, -0.2) is 22.4 Å². The molecule has 6 heteroatoms. The summed E-state index contributed by atoms with van der Waals surface area (Å²) in [6, 6.07) is 20.1. The molecule has 0 aliphatic heterocycles. The van der Waals surface area contributed by atoms with Crippen LogP contribution in [0.3, 0.4) is 0 Å². The smallest absolute Gasteiger partial charge is 0.255 e. The minimum Gasteiger partial charge on any atom is -0.497 e. The van der Waals surface area contributed by atoms with Gasteiger partial charge < -0.3 is 19.2 Å². The minimum atomic E-state index is -0.205. The number of pyridine rings is 1. The monoisotopic (exact) mass is 373 g/mol. The molecule has 28 heavy (non-hydrogen) atoms. The van der Waals surface area contributed by atoms with Gasteiger partial charge in [0.25, 0.3) is 5.91 Å². The highest BCUT2D eigenvalue weighted by molar-refractivity contribution is 6.04. The first kappa shape index (κ1) is 17.6. The summed E-state index contributed by atoms with van der Waals surface area (Å²) in [5, 5.41) is 2.86. The van der Waals surface area contributed by atoms with E-state index >= 15 is 0 Å². The number of carbonyl (C=O) groups is 1. The topological polar surface area (TPSA) is 64.9 Å². The van der Waals surface area contributed by atoms with Gasteiger partial charge in [0.1, 0.15) is 23.8 Å². The van der Waals surface area contributed by atoms with Crippen LogP contribution >= 0.6 is 0 Å². The molecule has 0 radical (unpaired) electrons. The maximum Gasteiger partial charge on any atom is 0.255 e. The second kappa shape index (κ2) is 7.84. The van der Waals surface area contributed by atoms with E-state index in [0.717, 1.165) is 17.1 Å². The fourth-order valence-electron chi connectivity index (χ4n) is 2.82. The molecular formula is C22H19N3O3. The van der Waals surface area contributed by atoms with Crippen LogP contribution in [0.4, 0.5) is 5.69 Å². The summed E-state index contributed by atoms with van der Waals surface area (Å²) in [6.07, 6.45) is 3.87. The number of fused-ring (bicyclic) bond motifs is 1. The number of anilines is 1. The number of benzene rings is 2. The number of hydrogen-bond acceptors (Lipinski definition) is 4. The zero-order valence-electron chi connectivity index (χ0n) is 15.3. The highest BCUT2D eigenvalue weighted by atomic mass is 16.5. The van der Waals surface area contributed by atoms with Crippen LogP contribution in [0.1, 0.15) is 16.1 Å². The molecule has 1 N–H and O–H groups in total. The first-order chi connectivity index (χ1) is 13.7. The van der Waals surface area contributed by atoms with Crippen molar-refractivity contribution in [3.05, 3.63) is 90.4 Å². The summed E-state index contributed by atoms with van der Waals surface area (Å²) >= 11 is 0. The molecule has 0 saturated carbocycles. The van der Waals surface area contributed by atoms with Crippen molar-refractivity contribution < 1.29 is 14.3 Å². The molecule has 0 saturated heterocycles.